The molecule has 3 rings (SSSR count). The molecular weight excluding hydrogens is 360 g/mol. The van der Waals surface area contributed by atoms with Crippen molar-refractivity contribution < 1.29 is 13.7 Å². The molecule has 1 aromatic carbocycles. The molecule has 2 aliphatic heterocycles. The molecule has 150 valence electrons. The van der Waals surface area contributed by atoms with Gasteiger partial charge in [-0.1, -0.05) is 30.3 Å². The lowest BCUT2D eigenvalue weighted by Gasteiger charge is -2.41. The van der Waals surface area contributed by atoms with Crippen LogP contribution in [0.2, 0.25) is 0 Å². The maximum atomic E-state index is 12.8. The molecule has 0 spiro atoms. The van der Waals surface area contributed by atoms with Crippen LogP contribution in [0.4, 0.5) is 4.79 Å². The number of hydrogen-bond donors (Lipinski definition) is 1. The summed E-state index contributed by atoms with van der Waals surface area (Å²) in [6.07, 6.45) is 4.61. The highest BCUT2D eigenvalue weighted by Gasteiger charge is 2.46. The fourth-order valence-electron chi connectivity index (χ4n) is 4.44. The van der Waals surface area contributed by atoms with Crippen LogP contribution in [0.3, 0.4) is 0 Å². The zero-order valence-electron chi connectivity index (χ0n) is 16.8. The van der Waals surface area contributed by atoms with Crippen molar-refractivity contribution in [1.29, 1.82) is 0 Å². The van der Waals surface area contributed by atoms with Crippen molar-refractivity contribution >= 4 is 17.1 Å². The monoisotopic (exact) mass is 392 g/mol. The Balaban J connectivity index is 1.77. The molecule has 2 saturated heterocycles. The smallest absolute Gasteiger partial charge is 0.409 e. The van der Waals surface area contributed by atoms with Gasteiger partial charge in [-0.25, -0.2) is 13.7 Å². The summed E-state index contributed by atoms with van der Waals surface area (Å²) >= 11 is 0. The van der Waals surface area contributed by atoms with Crippen LogP contribution in [0.15, 0.2) is 30.3 Å². The summed E-state index contributed by atoms with van der Waals surface area (Å²) in [4.78, 5) is 14.1. The molecule has 27 heavy (non-hydrogen) atoms. The van der Waals surface area contributed by atoms with Gasteiger partial charge in [0.05, 0.1) is 22.8 Å². The second-order valence-corrected chi connectivity index (χ2v) is 10.8. The zero-order chi connectivity index (χ0) is 19.6. The summed E-state index contributed by atoms with van der Waals surface area (Å²) in [5.41, 5.74) is 1.25. The van der Waals surface area contributed by atoms with Gasteiger partial charge in [0.2, 0.25) is 0 Å². The molecule has 2 heterocycles. The molecule has 1 aromatic rings. The molecule has 0 aliphatic carbocycles. The normalized spacial score (nSPS) is 27.3. The van der Waals surface area contributed by atoms with Gasteiger partial charge in [-0.05, 0) is 64.4 Å². The first-order valence-corrected chi connectivity index (χ1v) is 11.0. The Morgan fingerprint density at radius 2 is 1.81 bits per heavy atom. The van der Waals surface area contributed by atoms with Crippen molar-refractivity contribution in [2.75, 3.05) is 7.11 Å². The van der Waals surface area contributed by atoms with E-state index in [4.69, 9.17) is 4.74 Å². The number of nitrogens with zero attached hydrogens (tertiary/aromatic N) is 1. The second kappa shape index (κ2) is 8.31. The minimum Gasteiger partial charge on any atom is -0.453 e. The molecule has 2 bridgehead atoms. The molecule has 0 aromatic heterocycles. The molecule has 5 atom stereocenters. The van der Waals surface area contributed by atoms with Crippen molar-refractivity contribution in [3.63, 3.8) is 0 Å². The SMILES string of the molecule is COC(=O)N1[C@@H]2CC[C@H]1CC([C@@H](Cc1ccccc1)N[S@@](=O)C(C)(C)C)C2. The van der Waals surface area contributed by atoms with Crippen molar-refractivity contribution in [2.24, 2.45) is 5.92 Å². The summed E-state index contributed by atoms with van der Waals surface area (Å²) in [6, 6.07) is 11.0. The quantitative estimate of drug-likeness (QED) is 0.832. The van der Waals surface area contributed by atoms with E-state index in [9.17, 15) is 9.00 Å². The lowest BCUT2D eigenvalue weighted by molar-refractivity contribution is 0.0651. The number of fused-ring (bicyclic) bond motifs is 2. The van der Waals surface area contributed by atoms with E-state index in [0.29, 0.717) is 5.92 Å². The Morgan fingerprint density at radius 3 is 2.33 bits per heavy atom. The van der Waals surface area contributed by atoms with Crippen LogP contribution in [0.1, 0.15) is 52.0 Å². The van der Waals surface area contributed by atoms with Gasteiger partial charge >= 0.3 is 6.09 Å². The number of carbonyl (C=O) groups is 1. The highest BCUT2D eigenvalue weighted by molar-refractivity contribution is 7.84. The Hall–Kier alpha value is -1.40. The van der Waals surface area contributed by atoms with Crippen molar-refractivity contribution in [3.8, 4) is 0 Å². The molecule has 1 N–H and O–H groups in total. The van der Waals surface area contributed by atoms with E-state index in [1.807, 2.05) is 31.7 Å². The molecule has 2 fully saturated rings. The van der Waals surface area contributed by atoms with Gasteiger partial charge in [0, 0.05) is 18.1 Å². The van der Waals surface area contributed by atoms with Crippen LogP contribution in [-0.4, -0.2) is 45.2 Å². The van der Waals surface area contributed by atoms with Crippen LogP contribution in [0.25, 0.3) is 0 Å². The molecule has 6 heteroatoms. The highest BCUT2D eigenvalue weighted by atomic mass is 32.2. The first kappa shape index (κ1) is 20.3. The highest BCUT2D eigenvalue weighted by Crippen LogP contribution is 2.41. The third kappa shape index (κ3) is 4.72. The standard InChI is InChI=1S/C21H32N2O3S/c1-21(2,3)27(25)22-19(12-15-8-6-5-7-9-15)16-13-17-10-11-18(14-16)23(17)20(24)26-4/h5-9,16-19,22H,10-14H2,1-4H3/t16?,17-,18+,19-,27+/m1/s1. The predicted molar refractivity (Wildman–Crippen MR) is 109 cm³/mol. The van der Waals surface area contributed by atoms with E-state index in [1.54, 1.807) is 0 Å². The van der Waals surface area contributed by atoms with E-state index < -0.39 is 11.0 Å². The average Bonchev–Trinajstić information content (AvgIpc) is 2.90. The molecule has 2 aliphatic rings. The van der Waals surface area contributed by atoms with Gasteiger partial charge in [0.25, 0.3) is 0 Å². The Labute approximate surface area is 165 Å². The lowest BCUT2D eigenvalue weighted by atomic mass is 9.83. The number of benzene rings is 1. The summed E-state index contributed by atoms with van der Waals surface area (Å²) in [7, 11) is 0.339. The van der Waals surface area contributed by atoms with Crippen molar-refractivity contribution in [2.45, 2.75) is 75.7 Å². The number of methoxy groups -OCH3 is 1. The van der Waals surface area contributed by atoms with Gasteiger partial charge in [-0.15, -0.1) is 0 Å². The van der Waals surface area contributed by atoms with Crippen LogP contribution < -0.4 is 4.72 Å². The van der Waals surface area contributed by atoms with E-state index in [1.165, 1.54) is 12.7 Å². The minimum absolute atomic E-state index is 0.135. The van der Waals surface area contributed by atoms with Crippen molar-refractivity contribution in [1.82, 2.24) is 9.62 Å². The third-order valence-electron chi connectivity index (χ3n) is 5.84. The Bertz CT molecular complexity index is 660. The van der Waals surface area contributed by atoms with Crippen LogP contribution in [0.5, 0.6) is 0 Å². The van der Waals surface area contributed by atoms with E-state index in [-0.39, 0.29) is 29.0 Å². The minimum atomic E-state index is -1.12. The largest absolute Gasteiger partial charge is 0.453 e. The number of ether oxygens (including phenoxy) is 1. The number of hydrogen-bond acceptors (Lipinski definition) is 3. The first-order valence-electron chi connectivity index (χ1n) is 9.88. The number of piperidine rings is 1. The molecule has 5 nitrogen and oxygen atoms in total. The Kier molecular flexibility index (Phi) is 6.26. The molecular formula is C21H32N2O3S. The summed E-state index contributed by atoms with van der Waals surface area (Å²) in [6.45, 7) is 6.00. The number of rotatable bonds is 5. The molecule has 1 unspecified atom stereocenters. The fraction of sp³-hybridized carbons (Fsp3) is 0.667. The van der Waals surface area contributed by atoms with Gasteiger partial charge in [-0.2, -0.15) is 0 Å². The van der Waals surface area contributed by atoms with Gasteiger partial charge in [-0.3, -0.25) is 0 Å². The topological polar surface area (TPSA) is 58.6 Å². The van der Waals surface area contributed by atoms with E-state index in [2.05, 4.69) is 29.0 Å². The van der Waals surface area contributed by atoms with Crippen LogP contribution >= 0.6 is 0 Å². The molecule has 0 saturated carbocycles. The summed E-state index contributed by atoms with van der Waals surface area (Å²) < 4.78 is 20.9. The Morgan fingerprint density at radius 1 is 1.22 bits per heavy atom. The van der Waals surface area contributed by atoms with Gasteiger partial charge < -0.3 is 9.64 Å². The lowest BCUT2D eigenvalue weighted by Crippen LogP contribution is -2.52. The number of nitrogens with one attached hydrogen (secondary N) is 1. The predicted octanol–water partition coefficient (Wildman–Crippen LogP) is 3.66. The maximum Gasteiger partial charge on any atom is 0.409 e. The van der Waals surface area contributed by atoms with Gasteiger partial charge in [0.1, 0.15) is 0 Å². The van der Waals surface area contributed by atoms with Crippen LogP contribution in [0, 0.1) is 5.92 Å². The number of carbonyl (C=O) groups excluding carboxylic acids is 1. The van der Waals surface area contributed by atoms with Crippen molar-refractivity contribution in [3.05, 3.63) is 35.9 Å². The fourth-order valence-corrected chi connectivity index (χ4v) is 5.34. The van der Waals surface area contributed by atoms with E-state index in [0.717, 1.165) is 32.1 Å². The second-order valence-electron chi connectivity index (χ2n) is 8.79. The summed E-state index contributed by atoms with van der Waals surface area (Å²) in [5, 5.41) is 0. The number of amides is 1. The summed E-state index contributed by atoms with van der Waals surface area (Å²) in [5.74, 6) is 0.398. The third-order valence-corrected chi connectivity index (χ3v) is 7.47. The average molecular weight is 393 g/mol. The van der Waals surface area contributed by atoms with E-state index >= 15 is 0 Å². The van der Waals surface area contributed by atoms with Crippen LogP contribution in [-0.2, 0) is 22.1 Å². The first-order chi connectivity index (χ1) is 12.8. The maximum absolute atomic E-state index is 12.8. The van der Waals surface area contributed by atoms with Gasteiger partial charge in [0.15, 0.2) is 0 Å². The molecule has 1 amide bonds. The molecule has 0 radical (unpaired) electrons. The zero-order valence-corrected chi connectivity index (χ0v) is 17.6.